The molecule has 1 aromatic rings. The van der Waals surface area contributed by atoms with E-state index in [9.17, 15) is 13.6 Å². The fraction of sp³-hybridized carbons (Fsp3) is 0.588. The van der Waals surface area contributed by atoms with Crippen LogP contribution in [0.15, 0.2) is 18.2 Å². The van der Waals surface area contributed by atoms with Gasteiger partial charge in [0.15, 0.2) is 17.7 Å². The van der Waals surface area contributed by atoms with Gasteiger partial charge in [0.05, 0.1) is 0 Å². The number of amides is 1. The smallest absolute Gasteiger partial charge is 0.261 e. The first-order chi connectivity index (χ1) is 11.0. The van der Waals surface area contributed by atoms with E-state index in [2.05, 4.69) is 5.32 Å². The third kappa shape index (κ3) is 5.60. The van der Waals surface area contributed by atoms with Crippen molar-refractivity contribution in [3.8, 4) is 5.75 Å². The predicted octanol–water partition coefficient (Wildman–Crippen LogP) is 3.18. The van der Waals surface area contributed by atoms with Gasteiger partial charge in [-0.2, -0.15) is 0 Å². The highest BCUT2D eigenvalue weighted by Gasteiger charge is 2.26. The molecule has 0 bridgehead atoms. The summed E-state index contributed by atoms with van der Waals surface area (Å²) in [4.78, 5) is 12.3. The summed E-state index contributed by atoms with van der Waals surface area (Å²) in [5.74, 6) is -1.73. The SMILES string of the molecule is CC(Oc1ccc(F)c(F)c1)C(=O)NC(CN)C1CCCCC1.Cl. The van der Waals surface area contributed by atoms with E-state index in [1.807, 2.05) is 0 Å². The summed E-state index contributed by atoms with van der Waals surface area (Å²) >= 11 is 0. The number of nitrogens with one attached hydrogen (secondary N) is 1. The zero-order valence-corrected chi connectivity index (χ0v) is 14.6. The number of hydrogen-bond donors (Lipinski definition) is 2. The molecular weight excluding hydrogens is 338 g/mol. The van der Waals surface area contributed by atoms with Gasteiger partial charge in [0, 0.05) is 18.7 Å². The van der Waals surface area contributed by atoms with Crippen LogP contribution in [0.2, 0.25) is 0 Å². The molecular formula is C17H25ClF2N2O2. The maximum Gasteiger partial charge on any atom is 0.261 e. The molecule has 136 valence electrons. The molecule has 2 rings (SSSR count). The number of carbonyl (C=O) groups excluding carboxylic acids is 1. The molecule has 2 atom stereocenters. The molecule has 1 amide bonds. The normalized spacial score (nSPS) is 17.5. The fourth-order valence-corrected chi connectivity index (χ4v) is 3.01. The first-order valence-corrected chi connectivity index (χ1v) is 8.13. The Kier molecular flexibility index (Phi) is 8.42. The highest BCUT2D eigenvalue weighted by atomic mass is 35.5. The minimum atomic E-state index is -1.00. The van der Waals surface area contributed by atoms with Crippen LogP contribution >= 0.6 is 12.4 Å². The van der Waals surface area contributed by atoms with Crippen LogP contribution < -0.4 is 15.8 Å². The van der Waals surface area contributed by atoms with Gasteiger partial charge in [0.1, 0.15) is 5.75 Å². The molecule has 1 saturated carbocycles. The zero-order chi connectivity index (χ0) is 16.8. The quantitative estimate of drug-likeness (QED) is 0.816. The van der Waals surface area contributed by atoms with Crippen LogP contribution in [0.4, 0.5) is 8.78 Å². The van der Waals surface area contributed by atoms with Gasteiger partial charge in [-0.15, -0.1) is 12.4 Å². The van der Waals surface area contributed by atoms with E-state index in [1.165, 1.54) is 12.5 Å². The van der Waals surface area contributed by atoms with Crippen molar-refractivity contribution in [2.24, 2.45) is 11.7 Å². The molecule has 0 radical (unpaired) electrons. The van der Waals surface area contributed by atoms with Crippen LogP contribution in [0.3, 0.4) is 0 Å². The molecule has 3 N–H and O–H groups in total. The van der Waals surface area contributed by atoms with Gasteiger partial charge in [-0.1, -0.05) is 19.3 Å². The van der Waals surface area contributed by atoms with E-state index >= 15 is 0 Å². The zero-order valence-electron chi connectivity index (χ0n) is 13.8. The number of hydrogen-bond acceptors (Lipinski definition) is 3. The minimum absolute atomic E-state index is 0. The second-order valence-electron chi connectivity index (χ2n) is 6.08. The molecule has 7 heteroatoms. The number of ether oxygens (including phenoxy) is 1. The summed E-state index contributed by atoms with van der Waals surface area (Å²) in [6.45, 7) is 1.96. The molecule has 0 aromatic heterocycles. The summed E-state index contributed by atoms with van der Waals surface area (Å²) in [6.07, 6.45) is 4.89. The van der Waals surface area contributed by atoms with Gasteiger partial charge in [-0.25, -0.2) is 8.78 Å². The number of carbonyl (C=O) groups is 1. The summed E-state index contributed by atoms with van der Waals surface area (Å²) < 4.78 is 31.4. The molecule has 1 aliphatic rings. The van der Waals surface area contributed by atoms with E-state index in [1.54, 1.807) is 6.92 Å². The van der Waals surface area contributed by atoms with Crippen molar-refractivity contribution >= 4 is 18.3 Å². The lowest BCUT2D eigenvalue weighted by Crippen LogP contribution is -2.49. The summed E-state index contributed by atoms with van der Waals surface area (Å²) in [5, 5.41) is 2.93. The minimum Gasteiger partial charge on any atom is -0.481 e. The maximum absolute atomic E-state index is 13.2. The van der Waals surface area contributed by atoms with E-state index in [0.29, 0.717) is 12.5 Å². The molecule has 0 aliphatic heterocycles. The van der Waals surface area contributed by atoms with E-state index in [4.69, 9.17) is 10.5 Å². The van der Waals surface area contributed by atoms with Crippen molar-refractivity contribution in [3.63, 3.8) is 0 Å². The lowest BCUT2D eigenvalue weighted by molar-refractivity contribution is -0.128. The number of halogens is 3. The van der Waals surface area contributed by atoms with Crippen LogP contribution in [-0.4, -0.2) is 24.6 Å². The standard InChI is InChI=1S/C17H24F2N2O2.ClH/c1-11(23-13-7-8-14(18)15(19)9-13)17(22)21-16(10-20)12-5-3-2-4-6-12;/h7-9,11-12,16H,2-6,10,20H2,1H3,(H,21,22);1H. The first-order valence-electron chi connectivity index (χ1n) is 8.13. The third-order valence-electron chi connectivity index (χ3n) is 4.37. The maximum atomic E-state index is 13.2. The topological polar surface area (TPSA) is 64.3 Å². The lowest BCUT2D eigenvalue weighted by atomic mass is 9.84. The van der Waals surface area contributed by atoms with Crippen LogP contribution in [0.5, 0.6) is 5.75 Å². The van der Waals surface area contributed by atoms with Crippen molar-refractivity contribution in [1.29, 1.82) is 0 Å². The highest BCUT2D eigenvalue weighted by Crippen LogP contribution is 2.26. The van der Waals surface area contributed by atoms with Gasteiger partial charge in [0.25, 0.3) is 5.91 Å². The Morgan fingerprint density at radius 2 is 1.96 bits per heavy atom. The predicted molar refractivity (Wildman–Crippen MR) is 91.3 cm³/mol. The molecule has 1 fully saturated rings. The van der Waals surface area contributed by atoms with Crippen LogP contribution in [0.25, 0.3) is 0 Å². The first kappa shape index (κ1) is 20.6. The Hall–Kier alpha value is -1.40. The van der Waals surface area contributed by atoms with Crippen LogP contribution in [0.1, 0.15) is 39.0 Å². The van der Waals surface area contributed by atoms with E-state index in [0.717, 1.165) is 37.8 Å². The van der Waals surface area contributed by atoms with Crippen molar-refractivity contribution in [3.05, 3.63) is 29.8 Å². The average Bonchev–Trinajstić information content (AvgIpc) is 2.56. The fourth-order valence-electron chi connectivity index (χ4n) is 3.01. The lowest BCUT2D eigenvalue weighted by Gasteiger charge is -2.30. The second-order valence-corrected chi connectivity index (χ2v) is 6.08. The van der Waals surface area contributed by atoms with E-state index in [-0.39, 0.29) is 30.1 Å². The van der Waals surface area contributed by atoms with Crippen LogP contribution in [-0.2, 0) is 4.79 Å². The largest absolute Gasteiger partial charge is 0.481 e. The van der Waals surface area contributed by atoms with Gasteiger partial charge < -0.3 is 15.8 Å². The Morgan fingerprint density at radius 3 is 2.54 bits per heavy atom. The summed E-state index contributed by atoms with van der Waals surface area (Å²) in [5.41, 5.74) is 5.79. The monoisotopic (exact) mass is 362 g/mol. The second kappa shape index (κ2) is 9.79. The van der Waals surface area contributed by atoms with Gasteiger partial charge in [0.2, 0.25) is 0 Å². The molecule has 0 spiro atoms. The van der Waals surface area contributed by atoms with Crippen molar-refractivity contribution in [1.82, 2.24) is 5.32 Å². The Morgan fingerprint density at radius 1 is 1.29 bits per heavy atom. The average molecular weight is 363 g/mol. The van der Waals surface area contributed by atoms with Crippen LogP contribution in [0, 0.1) is 17.6 Å². The number of rotatable bonds is 6. The highest BCUT2D eigenvalue weighted by molar-refractivity contribution is 5.85. The Bertz CT molecular complexity index is 539. The number of nitrogens with two attached hydrogens (primary N) is 1. The summed E-state index contributed by atoms with van der Waals surface area (Å²) in [6, 6.07) is 3.13. The van der Waals surface area contributed by atoms with E-state index < -0.39 is 17.7 Å². The van der Waals surface area contributed by atoms with Crippen molar-refractivity contribution in [2.45, 2.75) is 51.2 Å². The van der Waals surface area contributed by atoms with Gasteiger partial charge in [-0.3, -0.25) is 4.79 Å². The molecule has 24 heavy (non-hydrogen) atoms. The van der Waals surface area contributed by atoms with Gasteiger partial charge in [-0.05, 0) is 37.8 Å². The molecule has 1 aromatic carbocycles. The van der Waals surface area contributed by atoms with Crippen molar-refractivity contribution in [2.75, 3.05) is 6.54 Å². The molecule has 4 nitrogen and oxygen atoms in total. The third-order valence-corrected chi connectivity index (χ3v) is 4.37. The molecule has 1 aliphatic carbocycles. The number of benzene rings is 1. The molecule has 0 heterocycles. The molecule has 0 saturated heterocycles. The Labute approximate surface area is 147 Å². The van der Waals surface area contributed by atoms with Gasteiger partial charge >= 0.3 is 0 Å². The Balaban J connectivity index is 0.00000288. The van der Waals surface area contributed by atoms with Crippen molar-refractivity contribution < 1.29 is 18.3 Å². The summed E-state index contributed by atoms with van der Waals surface area (Å²) in [7, 11) is 0. The molecule has 2 unspecified atom stereocenters.